The predicted octanol–water partition coefficient (Wildman–Crippen LogP) is 4.87. The second-order valence-corrected chi connectivity index (χ2v) is 9.92. The second kappa shape index (κ2) is 13.4. The van der Waals surface area contributed by atoms with Crippen LogP contribution in [0.25, 0.3) is 11.1 Å². The summed E-state index contributed by atoms with van der Waals surface area (Å²) in [6, 6.07) is 22.4. The number of nitrogens with one attached hydrogen (secondary N) is 1. The van der Waals surface area contributed by atoms with Gasteiger partial charge in [0.05, 0.1) is 37.9 Å². The number of ether oxygens (including phenoxy) is 1. The molecule has 7 nitrogen and oxygen atoms in total. The molecular weight excluding hydrogens is 523 g/mol. The molecule has 0 aliphatic carbocycles. The van der Waals surface area contributed by atoms with Crippen molar-refractivity contribution in [1.29, 1.82) is 5.26 Å². The summed E-state index contributed by atoms with van der Waals surface area (Å²) in [5.41, 5.74) is 4.10. The van der Waals surface area contributed by atoms with Crippen molar-refractivity contribution in [3.63, 3.8) is 0 Å². The minimum absolute atomic E-state index is 0.0909. The highest BCUT2D eigenvalue weighted by Gasteiger charge is 2.21. The lowest BCUT2D eigenvalue weighted by atomic mass is 10.0. The molecule has 0 unspecified atom stereocenters. The molecule has 1 heterocycles. The average Bonchev–Trinajstić information content (AvgIpc) is 2.91. The van der Waals surface area contributed by atoms with Gasteiger partial charge in [-0.3, -0.25) is 14.5 Å². The number of rotatable bonds is 9. The molecule has 2 amide bonds. The lowest BCUT2D eigenvalue weighted by Crippen LogP contribution is -2.47. The summed E-state index contributed by atoms with van der Waals surface area (Å²) in [7, 11) is 0. The van der Waals surface area contributed by atoms with E-state index in [1.165, 1.54) is 0 Å². The van der Waals surface area contributed by atoms with E-state index in [0.29, 0.717) is 60.6 Å². The van der Waals surface area contributed by atoms with Gasteiger partial charge >= 0.3 is 0 Å². The number of benzene rings is 3. The summed E-state index contributed by atoms with van der Waals surface area (Å²) in [5.74, 6) is -0.442. The molecule has 3 aromatic carbocycles. The Hall–Kier alpha value is -3.41. The summed E-state index contributed by atoms with van der Waals surface area (Å²) < 4.78 is 5.38. The lowest BCUT2D eigenvalue weighted by molar-refractivity contribution is -0.136. The van der Waals surface area contributed by atoms with Crippen LogP contribution in [0.4, 0.5) is 5.69 Å². The van der Waals surface area contributed by atoms with Crippen molar-refractivity contribution in [3.8, 4) is 17.2 Å². The molecule has 0 aromatic heterocycles. The molecule has 0 bridgehead atoms. The van der Waals surface area contributed by atoms with Crippen LogP contribution in [0, 0.1) is 11.3 Å². The summed E-state index contributed by atoms with van der Waals surface area (Å²) in [6.45, 7) is 3.07. The number of nitriles is 1. The Morgan fingerprint density at radius 1 is 0.974 bits per heavy atom. The van der Waals surface area contributed by atoms with Crippen molar-refractivity contribution in [2.24, 2.45) is 0 Å². The van der Waals surface area contributed by atoms with Crippen LogP contribution < -0.4 is 5.32 Å². The van der Waals surface area contributed by atoms with Gasteiger partial charge in [0, 0.05) is 35.4 Å². The van der Waals surface area contributed by atoms with Crippen LogP contribution in [0.2, 0.25) is 10.0 Å². The predicted molar refractivity (Wildman–Crippen MR) is 149 cm³/mol. The standard InChI is InChI=1S/C29H28Cl2N4O3/c30-25-15-26(31)17-27(16-25)33-28(36)19-35(29(37)20-34-10-12-38-13-11-34)9-8-21-4-6-23(7-5-21)24-3-1-2-22(14-24)18-32/h1-7,14-17H,8-13,19-20H2,(H,33,36). The van der Waals surface area contributed by atoms with E-state index >= 15 is 0 Å². The first kappa shape index (κ1) is 27.6. The van der Waals surface area contributed by atoms with Gasteiger partial charge < -0.3 is 15.0 Å². The fourth-order valence-electron chi connectivity index (χ4n) is 4.24. The Bertz CT molecular complexity index is 1300. The van der Waals surface area contributed by atoms with Crippen LogP contribution in [0.15, 0.2) is 66.7 Å². The molecule has 4 rings (SSSR count). The highest BCUT2D eigenvalue weighted by Crippen LogP contribution is 2.23. The van der Waals surface area contributed by atoms with Gasteiger partial charge in [-0.05, 0) is 53.4 Å². The van der Waals surface area contributed by atoms with Crippen LogP contribution in [0.5, 0.6) is 0 Å². The van der Waals surface area contributed by atoms with Crippen molar-refractivity contribution in [3.05, 3.63) is 87.9 Å². The Labute approximate surface area is 232 Å². The maximum absolute atomic E-state index is 13.2. The number of hydrogen-bond donors (Lipinski definition) is 1. The quantitative estimate of drug-likeness (QED) is 0.410. The number of carbonyl (C=O) groups is 2. The monoisotopic (exact) mass is 550 g/mol. The van der Waals surface area contributed by atoms with E-state index in [-0.39, 0.29) is 24.9 Å². The third-order valence-corrected chi connectivity index (χ3v) is 6.68. The van der Waals surface area contributed by atoms with Crippen molar-refractivity contribution >= 4 is 40.7 Å². The zero-order valence-corrected chi connectivity index (χ0v) is 22.3. The van der Waals surface area contributed by atoms with Crippen LogP contribution in [-0.2, 0) is 20.7 Å². The molecule has 1 saturated heterocycles. The van der Waals surface area contributed by atoms with E-state index in [9.17, 15) is 9.59 Å². The summed E-state index contributed by atoms with van der Waals surface area (Å²) in [6.07, 6.45) is 0.587. The number of carbonyl (C=O) groups excluding carboxylic acids is 2. The summed E-state index contributed by atoms with van der Waals surface area (Å²) in [4.78, 5) is 29.7. The largest absolute Gasteiger partial charge is 0.379 e. The number of amides is 2. The van der Waals surface area contributed by atoms with E-state index in [0.717, 1.165) is 16.7 Å². The van der Waals surface area contributed by atoms with Crippen molar-refractivity contribution < 1.29 is 14.3 Å². The van der Waals surface area contributed by atoms with E-state index in [4.69, 9.17) is 33.2 Å². The van der Waals surface area contributed by atoms with Crippen LogP contribution in [0.3, 0.4) is 0 Å². The maximum atomic E-state index is 13.2. The van der Waals surface area contributed by atoms with Crippen LogP contribution >= 0.6 is 23.2 Å². The Kier molecular flexibility index (Phi) is 9.74. The Morgan fingerprint density at radius 3 is 2.37 bits per heavy atom. The smallest absolute Gasteiger partial charge is 0.243 e. The fourth-order valence-corrected chi connectivity index (χ4v) is 4.76. The van der Waals surface area contributed by atoms with Crippen molar-refractivity contribution in [2.75, 3.05) is 51.3 Å². The van der Waals surface area contributed by atoms with Gasteiger partial charge in [-0.1, -0.05) is 59.6 Å². The van der Waals surface area contributed by atoms with E-state index in [1.807, 2.05) is 47.4 Å². The average molecular weight is 551 g/mol. The number of morpholine rings is 1. The van der Waals surface area contributed by atoms with E-state index < -0.39 is 0 Å². The number of hydrogen-bond acceptors (Lipinski definition) is 5. The van der Waals surface area contributed by atoms with Gasteiger partial charge in [0.1, 0.15) is 0 Å². The summed E-state index contributed by atoms with van der Waals surface area (Å²) >= 11 is 12.1. The molecule has 9 heteroatoms. The van der Waals surface area contributed by atoms with Crippen molar-refractivity contribution in [2.45, 2.75) is 6.42 Å². The molecule has 1 aliphatic rings. The molecule has 0 atom stereocenters. The minimum Gasteiger partial charge on any atom is -0.379 e. The zero-order valence-electron chi connectivity index (χ0n) is 20.8. The molecule has 1 fully saturated rings. The molecule has 38 heavy (non-hydrogen) atoms. The first-order valence-corrected chi connectivity index (χ1v) is 13.1. The van der Waals surface area contributed by atoms with Gasteiger partial charge in [-0.2, -0.15) is 5.26 Å². The maximum Gasteiger partial charge on any atom is 0.243 e. The molecule has 3 aromatic rings. The molecule has 0 spiro atoms. The summed E-state index contributed by atoms with van der Waals surface area (Å²) in [5, 5.41) is 12.8. The van der Waals surface area contributed by atoms with Crippen LogP contribution in [-0.4, -0.2) is 67.6 Å². The van der Waals surface area contributed by atoms with Crippen molar-refractivity contribution in [1.82, 2.24) is 9.80 Å². The van der Waals surface area contributed by atoms with E-state index in [1.54, 1.807) is 29.2 Å². The number of anilines is 1. The number of halogens is 2. The van der Waals surface area contributed by atoms with E-state index in [2.05, 4.69) is 11.4 Å². The lowest BCUT2D eigenvalue weighted by Gasteiger charge is -2.29. The molecular formula is C29H28Cl2N4O3. The Morgan fingerprint density at radius 2 is 1.68 bits per heavy atom. The highest BCUT2D eigenvalue weighted by molar-refractivity contribution is 6.35. The topological polar surface area (TPSA) is 85.7 Å². The first-order chi connectivity index (χ1) is 18.4. The van der Waals surface area contributed by atoms with Gasteiger partial charge in [0.2, 0.25) is 11.8 Å². The second-order valence-electron chi connectivity index (χ2n) is 9.05. The molecule has 196 valence electrons. The third kappa shape index (κ3) is 8.04. The number of nitrogens with zero attached hydrogens (tertiary/aromatic N) is 3. The van der Waals surface area contributed by atoms with Crippen LogP contribution in [0.1, 0.15) is 11.1 Å². The fraction of sp³-hybridized carbons (Fsp3) is 0.276. The van der Waals surface area contributed by atoms with Gasteiger partial charge in [-0.25, -0.2) is 0 Å². The van der Waals surface area contributed by atoms with Gasteiger partial charge in [0.25, 0.3) is 0 Å². The van der Waals surface area contributed by atoms with Gasteiger partial charge in [-0.15, -0.1) is 0 Å². The molecule has 1 N–H and O–H groups in total. The third-order valence-electron chi connectivity index (χ3n) is 6.25. The zero-order chi connectivity index (χ0) is 26.9. The SMILES string of the molecule is N#Cc1cccc(-c2ccc(CCN(CC(=O)Nc3cc(Cl)cc(Cl)c3)C(=O)CN3CCOCC3)cc2)c1. The molecule has 0 radical (unpaired) electrons. The molecule has 0 saturated carbocycles. The highest BCUT2D eigenvalue weighted by atomic mass is 35.5. The normalized spacial score (nSPS) is 13.5. The first-order valence-electron chi connectivity index (χ1n) is 12.3. The van der Waals surface area contributed by atoms with Gasteiger partial charge in [0.15, 0.2) is 0 Å². The molecule has 1 aliphatic heterocycles. The minimum atomic E-state index is -0.327. The Balaban J connectivity index is 1.42.